The number of hydrogen-bond acceptors (Lipinski definition) is 5. The molecule has 2 aromatic carbocycles. The summed E-state index contributed by atoms with van der Waals surface area (Å²) < 4.78 is 68.8. The highest BCUT2D eigenvalue weighted by molar-refractivity contribution is 7.89. The van der Waals surface area contributed by atoms with Crippen molar-refractivity contribution in [3.63, 3.8) is 0 Å². The standard InChI is InChI=1S/C24H21F3N2O5S/c25-24(26,27)34-20-9-7-18(8-10-20)17-3-5-19(6-4-17)22(30)16-28-15-21(11-12-23(28)31)35(32,33)29-13-1-2-14-29/h3-12,15H,1-2,13-14,16H2. The minimum atomic E-state index is -4.77. The van der Waals surface area contributed by atoms with Gasteiger partial charge in [-0.2, -0.15) is 4.31 Å². The molecular weight excluding hydrogens is 485 g/mol. The molecule has 2 heterocycles. The first-order valence-electron chi connectivity index (χ1n) is 10.7. The van der Waals surface area contributed by atoms with E-state index in [0.29, 0.717) is 29.8 Å². The van der Waals surface area contributed by atoms with E-state index in [-0.39, 0.29) is 17.2 Å². The summed E-state index contributed by atoms with van der Waals surface area (Å²) in [5.74, 6) is -0.740. The quantitative estimate of drug-likeness (QED) is 0.451. The van der Waals surface area contributed by atoms with Gasteiger partial charge in [-0.05, 0) is 42.2 Å². The number of nitrogens with zero attached hydrogens (tertiary/aromatic N) is 2. The monoisotopic (exact) mass is 506 g/mol. The lowest BCUT2D eigenvalue weighted by molar-refractivity contribution is -0.274. The van der Waals surface area contributed by atoms with Gasteiger partial charge < -0.3 is 9.30 Å². The minimum absolute atomic E-state index is 0.0416. The molecule has 1 fully saturated rings. The van der Waals surface area contributed by atoms with Crippen LogP contribution in [0.4, 0.5) is 13.2 Å². The molecule has 0 amide bonds. The van der Waals surface area contributed by atoms with Gasteiger partial charge in [0.2, 0.25) is 10.0 Å². The summed E-state index contributed by atoms with van der Waals surface area (Å²) in [5, 5.41) is 0. The fraction of sp³-hybridized carbons (Fsp3) is 0.250. The predicted molar refractivity (Wildman–Crippen MR) is 122 cm³/mol. The average molecular weight is 507 g/mol. The van der Waals surface area contributed by atoms with Gasteiger partial charge in [-0.1, -0.05) is 36.4 Å². The van der Waals surface area contributed by atoms with E-state index < -0.39 is 27.7 Å². The maximum absolute atomic E-state index is 12.8. The highest BCUT2D eigenvalue weighted by Gasteiger charge is 2.31. The smallest absolute Gasteiger partial charge is 0.406 e. The molecule has 1 aliphatic heterocycles. The van der Waals surface area contributed by atoms with Crippen molar-refractivity contribution in [2.45, 2.75) is 30.6 Å². The van der Waals surface area contributed by atoms with Gasteiger partial charge >= 0.3 is 6.36 Å². The van der Waals surface area contributed by atoms with Gasteiger partial charge in [0.15, 0.2) is 5.78 Å². The van der Waals surface area contributed by atoms with Crippen LogP contribution in [0.1, 0.15) is 23.2 Å². The van der Waals surface area contributed by atoms with Crippen molar-refractivity contribution in [3.05, 3.63) is 82.8 Å². The van der Waals surface area contributed by atoms with E-state index in [2.05, 4.69) is 4.74 Å². The highest BCUT2D eigenvalue weighted by atomic mass is 32.2. The Labute approximate surface area is 199 Å². The second kappa shape index (κ2) is 9.67. The molecule has 4 rings (SSSR count). The molecule has 1 saturated heterocycles. The zero-order valence-corrected chi connectivity index (χ0v) is 19.2. The molecule has 0 aliphatic carbocycles. The van der Waals surface area contributed by atoms with E-state index in [4.69, 9.17) is 0 Å². The van der Waals surface area contributed by atoms with Crippen LogP contribution in [0.2, 0.25) is 0 Å². The molecule has 0 bridgehead atoms. The molecule has 0 radical (unpaired) electrons. The Morgan fingerprint density at radius 3 is 2.03 bits per heavy atom. The topological polar surface area (TPSA) is 85.7 Å². The summed E-state index contributed by atoms with van der Waals surface area (Å²) in [6, 6.07) is 14.0. The minimum Gasteiger partial charge on any atom is -0.406 e. The number of halogens is 3. The van der Waals surface area contributed by atoms with Gasteiger partial charge in [0.1, 0.15) is 5.75 Å². The summed E-state index contributed by atoms with van der Waals surface area (Å²) in [7, 11) is -3.74. The zero-order chi connectivity index (χ0) is 25.2. The molecule has 3 aromatic rings. The van der Waals surface area contributed by atoms with Crippen molar-refractivity contribution in [1.82, 2.24) is 8.87 Å². The lowest BCUT2D eigenvalue weighted by Gasteiger charge is -2.16. The number of aromatic nitrogens is 1. The van der Waals surface area contributed by atoms with E-state index >= 15 is 0 Å². The maximum Gasteiger partial charge on any atom is 0.573 e. The third-order valence-corrected chi connectivity index (χ3v) is 7.48. The fourth-order valence-electron chi connectivity index (χ4n) is 3.81. The molecule has 0 unspecified atom stereocenters. The average Bonchev–Trinajstić information content (AvgIpc) is 3.36. The Morgan fingerprint density at radius 2 is 1.46 bits per heavy atom. The van der Waals surface area contributed by atoms with Crippen LogP contribution < -0.4 is 10.3 Å². The first kappa shape index (κ1) is 24.7. The summed E-state index contributed by atoms with van der Waals surface area (Å²) in [5.41, 5.74) is 1.08. The van der Waals surface area contributed by atoms with Crippen LogP contribution in [0.5, 0.6) is 5.75 Å². The van der Waals surface area contributed by atoms with Crippen molar-refractivity contribution in [2.24, 2.45) is 0 Å². The summed E-state index contributed by atoms with van der Waals surface area (Å²) in [6.45, 7) is 0.501. The number of benzene rings is 2. The van der Waals surface area contributed by atoms with Gasteiger partial charge in [0.05, 0.1) is 11.4 Å². The lowest BCUT2D eigenvalue weighted by atomic mass is 10.0. The molecule has 0 atom stereocenters. The number of sulfonamides is 1. The molecule has 0 saturated carbocycles. The Hall–Kier alpha value is -3.44. The Morgan fingerprint density at radius 1 is 0.886 bits per heavy atom. The van der Waals surface area contributed by atoms with E-state index in [0.717, 1.165) is 23.5 Å². The Balaban J connectivity index is 1.48. The number of Topliss-reactive ketones (excluding diaryl/α,β-unsaturated/α-hetero) is 1. The molecule has 1 aliphatic rings. The Bertz CT molecular complexity index is 1380. The third kappa shape index (κ3) is 5.80. The number of alkyl halides is 3. The molecular formula is C24H21F3N2O5S. The van der Waals surface area contributed by atoms with Gasteiger partial charge in [-0.15, -0.1) is 13.2 Å². The molecule has 7 nitrogen and oxygen atoms in total. The van der Waals surface area contributed by atoms with Crippen molar-refractivity contribution in [1.29, 1.82) is 0 Å². The zero-order valence-electron chi connectivity index (χ0n) is 18.4. The van der Waals surface area contributed by atoms with Crippen LogP contribution in [0.15, 0.2) is 76.6 Å². The number of pyridine rings is 1. The third-order valence-electron chi connectivity index (χ3n) is 5.60. The van der Waals surface area contributed by atoms with E-state index in [9.17, 15) is 31.2 Å². The van der Waals surface area contributed by atoms with Crippen LogP contribution in [-0.2, 0) is 16.6 Å². The number of carbonyl (C=O) groups is 1. The van der Waals surface area contributed by atoms with Gasteiger partial charge in [-0.3, -0.25) is 9.59 Å². The number of rotatable bonds is 7. The summed E-state index contributed by atoms with van der Waals surface area (Å²) >= 11 is 0. The van der Waals surface area contributed by atoms with Crippen molar-refractivity contribution < 1.29 is 31.1 Å². The molecule has 1 aromatic heterocycles. The fourth-order valence-corrected chi connectivity index (χ4v) is 5.34. The normalized spacial score (nSPS) is 14.7. The second-order valence-corrected chi connectivity index (χ2v) is 9.95. The van der Waals surface area contributed by atoms with Crippen LogP contribution >= 0.6 is 0 Å². The summed E-state index contributed by atoms with van der Waals surface area (Å²) in [4.78, 5) is 25.0. The van der Waals surface area contributed by atoms with Crippen molar-refractivity contribution in [2.75, 3.05) is 13.1 Å². The van der Waals surface area contributed by atoms with Crippen molar-refractivity contribution in [3.8, 4) is 16.9 Å². The molecule has 0 spiro atoms. The lowest BCUT2D eigenvalue weighted by Crippen LogP contribution is -2.30. The number of carbonyl (C=O) groups excluding carboxylic acids is 1. The molecule has 184 valence electrons. The van der Waals surface area contributed by atoms with Crippen molar-refractivity contribution >= 4 is 15.8 Å². The first-order chi connectivity index (χ1) is 16.5. The molecule has 11 heteroatoms. The number of ketones is 1. The Kier molecular flexibility index (Phi) is 6.82. The number of ether oxygens (including phenoxy) is 1. The van der Waals surface area contributed by atoms with E-state index in [1.807, 2.05) is 0 Å². The van der Waals surface area contributed by atoms with Gasteiger partial charge in [-0.25, -0.2) is 8.42 Å². The first-order valence-corrected chi connectivity index (χ1v) is 12.2. The molecule has 35 heavy (non-hydrogen) atoms. The van der Waals surface area contributed by atoms with Gasteiger partial charge in [0, 0.05) is 30.9 Å². The second-order valence-electron chi connectivity index (χ2n) is 8.01. The van der Waals surface area contributed by atoms with E-state index in [1.165, 1.54) is 53.0 Å². The van der Waals surface area contributed by atoms with Crippen LogP contribution in [0.25, 0.3) is 11.1 Å². The highest BCUT2D eigenvalue weighted by Crippen LogP contribution is 2.27. The predicted octanol–water partition coefficient (Wildman–Crippen LogP) is 4.08. The van der Waals surface area contributed by atoms with E-state index in [1.54, 1.807) is 12.1 Å². The maximum atomic E-state index is 12.8. The van der Waals surface area contributed by atoms with Crippen LogP contribution in [0.3, 0.4) is 0 Å². The number of hydrogen-bond donors (Lipinski definition) is 0. The van der Waals surface area contributed by atoms with Gasteiger partial charge in [0.25, 0.3) is 5.56 Å². The SMILES string of the molecule is O=C(Cn1cc(S(=O)(=O)N2CCCC2)ccc1=O)c1ccc(-c2ccc(OC(F)(F)F)cc2)cc1. The summed E-state index contributed by atoms with van der Waals surface area (Å²) in [6.07, 6.45) is -2.03. The van der Waals surface area contributed by atoms with Crippen LogP contribution in [-0.4, -0.2) is 42.5 Å². The molecule has 0 N–H and O–H groups in total. The largest absolute Gasteiger partial charge is 0.573 e. The van der Waals surface area contributed by atoms with Crippen LogP contribution in [0, 0.1) is 0 Å².